The molecule has 0 aliphatic rings. The van der Waals surface area contributed by atoms with Crippen LogP contribution in [0.25, 0.3) is 10.9 Å². The summed E-state index contributed by atoms with van der Waals surface area (Å²) in [6.07, 6.45) is -0.426. The van der Waals surface area contributed by atoms with Gasteiger partial charge in [0.15, 0.2) is 15.1 Å². The summed E-state index contributed by atoms with van der Waals surface area (Å²) in [5.74, 6) is -2.04. The Morgan fingerprint density at radius 3 is 2.16 bits per heavy atom. The van der Waals surface area contributed by atoms with Gasteiger partial charge in [-0.3, -0.25) is 9.59 Å². The molecule has 1 aromatic heterocycles. The van der Waals surface area contributed by atoms with E-state index < -0.39 is 44.9 Å². The number of fused-ring (bicyclic) bond motifs is 1. The summed E-state index contributed by atoms with van der Waals surface area (Å²) in [5.41, 5.74) is 0.439. The van der Waals surface area contributed by atoms with Crippen LogP contribution >= 0.6 is 0 Å². The van der Waals surface area contributed by atoms with Crippen molar-refractivity contribution in [3.63, 3.8) is 0 Å². The van der Waals surface area contributed by atoms with E-state index in [4.69, 9.17) is 0 Å². The molecule has 13 heteroatoms. The lowest BCUT2D eigenvalue weighted by Gasteiger charge is -2.15. The molecule has 0 aliphatic carbocycles. The lowest BCUT2D eigenvalue weighted by atomic mass is 10.2. The van der Waals surface area contributed by atoms with Crippen LogP contribution in [-0.2, 0) is 21.2 Å². The van der Waals surface area contributed by atoms with Crippen molar-refractivity contribution in [1.29, 1.82) is 0 Å². The average molecular weight is 526 g/mol. The number of anilines is 2. The quantitative estimate of drug-likeness (QED) is 0.316. The van der Waals surface area contributed by atoms with Crippen LogP contribution in [-0.4, -0.2) is 45.8 Å². The molecule has 3 N–H and O–H groups in total. The van der Waals surface area contributed by atoms with Crippen molar-refractivity contribution < 1.29 is 27.5 Å². The Hall–Kier alpha value is -4.65. The van der Waals surface area contributed by atoms with E-state index >= 15 is 0 Å². The first-order valence-corrected chi connectivity index (χ1v) is 12.4. The zero-order valence-corrected chi connectivity index (χ0v) is 19.9. The standard InChI is InChI=1S/C24H20FN5O6S/c25-15-5-7-16(8-6-15)26-24(34)27-17-9-11-18(12-10-17)37(35,36)21(23(32)33)13-14-30-22(31)19-3-1-2-4-20(19)28-29-30/h1-12,21H,13-14H2,(H,32,33)(H2,26,27,34). The van der Waals surface area contributed by atoms with Crippen molar-refractivity contribution in [2.75, 3.05) is 10.6 Å². The maximum atomic E-state index is 13.1. The van der Waals surface area contributed by atoms with E-state index in [1.54, 1.807) is 24.3 Å². The summed E-state index contributed by atoms with van der Waals surface area (Å²) in [7, 11) is -4.35. The second kappa shape index (κ2) is 10.5. The number of hydrogen-bond donors (Lipinski definition) is 3. The van der Waals surface area contributed by atoms with Gasteiger partial charge in [-0.05, 0) is 67.1 Å². The summed E-state index contributed by atoms with van der Waals surface area (Å²) in [6, 6.07) is 15.9. The number of nitrogens with zero attached hydrogens (tertiary/aromatic N) is 3. The van der Waals surface area contributed by atoms with Gasteiger partial charge < -0.3 is 15.7 Å². The number of carbonyl (C=O) groups excluding carboxylic acids is 1. The topological polar surface area (TPSA) is 160 Å². The summed E-state index contributed by atoms with van der Waals surface area (Å²) < 4.78 is 40.0. The average Bonchev–Trinajstić information content (AvgIpc) is 2.87. The van der Waals surface area contributed by atoms with Crippen molar-refractivity contribution in [1.82, 2.24) is 15.0 Å². The number of rotatable bonds is 8. The van der Waals surface area contributed by atoms with E-state index in [0.29, 0.717) is 11.2 Å². The molecule has 3 aromatic carbocycles. The maximum Gasteiger partial charge on any atom is 0.323 e. The van der Waals surface area contributed by atoms with Crippen LogP contribution in [0.5, 0.6) is 0 Å². The molecule has 0 saturated carbocycles. The minimum absolute atomic E-state index is 0.239. The number of benzene rings is 3. The monoisotopic (exact) mass is 525 g/mol. The molecule has 1 unspecified atom stereocenters. The molecular formula is C24H20FN5O6S. The van der Waals surface area contributed by atoms with Crippen LogP contribution in [0.3, 0.4) is 0 Å². The molecule has 4 aromatic rings. The van der Waals surface area contributed by atoms with E-state index in [2.05, 4.69) is 20.9 Å². The first-order valence-electron chi connectivity index (χ1n) is 10.9. The van der Waals surface area contributed by atoms with Crippen molar-refractivity contribution in [3.8, 4) is 0 Å². The highest BCUT2D eigenvalue weighted by molar-refractivity contribution is 7.92. The molecule has 2 amide bonds. The number of nitrogens with one attached hydrogen (secondary N) is 2. The highest BCUT2D eigenvalue weighted by atomic mass is 32.2. The van der Waals surface area contributed by atoms with Crippen LogP contribution < -0.4 is 16.2 Å². The second-order valence-electron chi connectivity index (χ2n) is 7.91. The molecule has 0 spiro atoms. The molecule has 0 aliphatic heterocycles. The Labute approximate surface area is 209 Å². The Bertz CT molecular complexity index is 1620. The van der Waals surface area contributed by atoms with Gasteiger partial charge in [0.05, 0.1) is 10.3 Å². The molecule has 37 heavy (non-hydrogen) atoms. The predicted molar refractivity (Wildman–Crippen MR) is 133 cm³/mol. The van der Waals surface area contributed by atoms with Gasteiger partial charge in [-0.15, -0.1) is 5.10 Å². The molecule has 0 fully saturated rings. The van der Waals surface area contributed by atoms with Crippen molar-refractivity contribution in [3.05, 3.63) is 89.0 Å². The third kappa shape index (κ3) is 5.78. The van der Waals surface area contributed by atoms with Gasteiger partial charge in [-0.25, -0.2) is 22.3 Å². The first-order chi connectivity index (χ1) is 17.6. The molecule has 11 nitrogen and oxygen atoms in total. The van der Waals surface area contributed by atoms with Crippen LogP contribution in [0.4, 0.5) is 20.6 Å². The number of carboxylic acids is 1. The Balaban J connectivity index is 1.46. The summed E-state index contributed by atoms with van der Waals surface area (Å²) in [4.78, 5) is 36.3. The number of hydrogen-bond acceptors (Lipinski definition) is 7. The number of aryl methyl sites for hydroxylation is 1. The fraction of sp³-hybridized carbons (Fsp3) is 0.125. The van der Waals surface area contributed by atoms with Gasteiger partial charge in [-0.2, -0.15) is 0 Å². The minimum atomic E-state index is -4.35. The zero-order valence-electron chi connectivity index (χ0n) is 19.0. The van der Waals surface area contributed by atoms with E-state index in [9.17, 15) is 32.3 Å². The number of amides is 2. The SMILES string of the molecule is O=C(Nc1ccc(F)cc1)Nc1ccc(S(=O)(=O)C(CCn2nnc3ccccc3c2=O)C(=O)O)cc1. The van der Waals surface area contributed by atoms with E-state index in [1.165, 1.54) is 48.5 Å². The van der Waals surface area contributed by atoms with Gasteiger partial charge in [0, 0.05) is 17.9 Å². The fourth-order valence-corrected chi connectivity index (χ4v) is 5.06. The van der Waals surface area contributed by atoms with Gasteiger partial charge in [0.25, 0.3) is 5.56 Å². The van der Waals surface area contributed by atoms with Gasteiger partial charge in [0.2, 0.25) is 0 Å². The van der Waals surface area contributed by atoms with Gasteiger partial charge >= 0.3 is 12.0 Å². The van der Waals surface area contributed by atoms with Crippen LogP contribution in [0, 0.1) is 5.82 Å². The molecule has 0 radical (unpaired) electrons. The van der Waals surface area contributed by atoms with Crippen LogP contribution in [0.15, 0.2) is 82.5 Å². The highest BCUT2D eigenvalue weighted by Gasteiger charge is 2.34. The zero-order chi connectivity index (χ0) is 26.6. The molecule has 1 atom stereocenters. The summed E-state index contributed by atoms with van der Waals surface area (Å²) in [6.45, 7) is -0.282. The number of aromatic nitrogens is 3. The molecule has 4 rings (SSSR count). The fourth-order valence-electron chi connectivity index (χ4n) is 3.54. The number of carbonyl (C=O) groups is 2. The van der Waals surface area contributed by atoms with Gasteiger partial charge in [-0.1, -0.05) is 17.3 Å². The normalized spacial score (nSPS) is 12.1. The molecule has 0 saturated heterocycles. The minimum Gasteiger partial charge on any atom is -0.480 e. The van der Waals surface area contributed by atoms with Gasteiger partial charge in [0.1, 0.15) is 11.3 Å². The number of aliphatic carboxylic acids is 1. The third-order valence-corrected chi connectivity index (χ3v) is 7.54. The maximum absolute atomic E-state index is 13.1. The largest absolute Gasteiger partial charge is 0.480 e. The lowest BCUT2D eigenvalue weighted by molar-refractivity contribution is -0.136. The second-order valence-corrected chi connectivity index (χ2v) is 10.0. The number of sulfone groups is 1. The number of carboxylic acid groups (broad SMARTS) is 1. The third-order valence-electron chi connectivity index (χ3n) is 5.43. The summed E-state index contributed by atoms with van der Waals surface area (Å²) >= 11 is 0. The lowest BCUT2D eigenvalue weighted by Crippen LogP contribution is -2.34. The number of halogens is 1. The molecule has 190 valence electrons. The van der Waals surface area contributed by atoms with Crippen molar-refractivity contribution >= 4 is 44.1 Å². The Morgan fingerprint density at radius 2 is 1.54 bits per heavy atom. The molecule has 1 heterocycles. The van der Waals surface area contributed by atoms with Crippen molar-refractivity contribution in [2.45, 2.75) is 23.1 Å². The van der Waals surface area contributed by atoms with E-state index in [-0.39, 0.29) is 22.5 Å². The summed E-state index contributed by atoms with van der Waals surface area (Å²) in [5, 5.41) is 20.7. The highest BCUT2D eigenvalue weighted by Crippen LogP contribution is 2.22. The number of urea groups is 1. The Kier molecular flexibility index (Phi) is 7.25. The van der Waals surface area contributed by atoms with Crippen molar-refractivity contribution in [2.24, 2.45) is 0 Å². The molecule has 0 bridgehead atoms. The van der Waals surface area contributed by atoms with Crippen LogP contribution in [0.2, 0.25) is 0 Å². The predicted octanol–water partition coefficient (Wildman–Crippen LogP) is 2.89. The Morgan fingerprint density at radius 1 is 0.946 bits per heavy atom. The first kappa shape index (κ1) is 25.4. The van der Waals surface area contributed by atoms with E-state index in [1.807, 2.05) is 0 Å². The smallest absolute Gasteiger partial charge is 0.323 e. The van der Waals surface area contributed by atoms with E-state index in [0.717, 1.165) is 4.68 Å². The van der Waals surface area contributed by atoms with Crippen LogP contribution in [0.1, 0.15) is 6.42 Å². The molecular weight excluding hydrogens is 505 g/mol.